The fraction of sp³-hybridized carbons (Fsp3) is 0.417. The molecule has 1 N–H and O–H groups in total. The van der Waals surface area contributed by atoms with Gasteiger partial charge in [0, 0.05) is 27.2 Å². The zero-order valence-electron chi connectivity index (χ0n) is 20.4. The molecule has 0 heterocycles. The molecule has 0 aliphatic heterocycles. The van der Waals surface area contributed by atoms with Gasteiger partial charge in [-0.15, -0.1) is 0 Å². The van der Waals surface area contributed by atoms with Crippen LogP contribution in [0.15, 0.2) is 54.6 Å². The molecule has 0 aliphatic carbocycles. The Hall–Kier alpha value is -3.11. The molecule has 2 aromatic rings. The molecule has 0 aromatic heterocycles. The molecule has 0 radical (unpaired) electrons. The highest BCUT2D eigenvalue weighted by atomic mass is 32.2. The van der Waals surface area contributed by atoms with Crippen molar-refractivity contribution in [3.63, 3.8) is 0 Å². The van der Waals surface area contributed by atoms with E-state index in [1.54, 1.807) is 68.6 Å². The van der Waals surface area contributed by atoms with Gasteiger partial charge < -0.3 is 15.0 Å². The van der Waals surface area contributed by atoms with E-state index in [-0.39, 0.29) is 12.5 Å². The number of carbonyl (C=O) groups is 2. The third-order valence-corrected chi connectivity index (χ3v) is 7.11. The van der Waals surface area contributed by atoms with E-state index < -0.39 is 28.7 Å². The number of nitrogens with zero attached hydrogens (tertiary/aromatic N) is 3. The summed E-state index contributed by atoms with van der Waals surface area (Å²) >= 11 is 0. The summed E-state index contributed by atoms with van der Waals surface area (Å²) in [6.07, 6.45) is 0.758. The maximum absolute atomic E-state index is 13.5. The van der Waals surface area contributed by atoms with E-state index in [2.05, 4.69) is 5.32 Å². The first-order valence-corrected chi connectivity index (χ1v) is 12.5. The second-order valence-corrected chi connectivity index (χ2v) is 10.0. The summed E-state index contributed by atoms with van der Waals surface area (Å²) < 4.78 is 33.4. The lowest BCUT2D eigenvalue weighted by Crippen LogP contribution is -2.52. The van der Waals surface area contributed by atoms with Crippen molar-refractivity contribution in [3.8, 4) is 5.75 Å². The summed E-state index contributed by atoms with van der Waals surface area (Å²) in [5.41, 5.74) is 1.14. The van der Waals surface area contributed by atoms with Crippen molar-refractivity contribution in [2.45, 2.75) is 32.9 Å². The van der Waals surface area contributed by atoms with Crippen molar-refractivity contribution in [2.75, 3.05) is 38.6 Å². The Bertz CT molecular complexity index is 1040. The van der Waals surface area contributed by atoms with Crippen LogP contribution in [0.4, 0.5) is 5.69 Å². The predicted molar refractivity (Wildman–Crippen MR) is 133 cm³/mol. The molecule has 2 aromatic carbocycles. The van der Waals surface area contributed by atoms with Crippen LogP contribution in [0, 0.1) is 0 Å². The van der Waals surface area contributed by atoms with Crippen LogP contribution in [0.2, 0.25) is 0 Å². The van der Waals surface area contributed by atoms with Crippen LogP contribution in [-0.4, -0.2) is 69.8 Å². The van der Waals surface area contributed by atoms with E-state index in [1.165, 1.54) is 19.0 Å². The van der Waals surface area contributed by atoms with Gasteiger partial charge in [0.25, 0.3) is 0 Å². The van der Waals surface area contributed by atoms with Gasteiger partial charge in [0.1, 0.15) is 18.3 Å². The maximum Gasteiger partial charge on any atom is 0.304 e. The number of para-hydroxylation sites is 1. The molecule has 0 bridgehead atoms. The van der Waals surface area contributed by atoms with Gasteiger partial charge in [0.05, 0.1) is 12.8 Å². The molecular weight excluding hydrogens is 456 g/mol. The molecule has 9 nitrogen and oxygen atoms in total. The number of nitrogens with one attached hydrogen (secondary N) is 1. The number of rotatable bonds is 12. The Labute approximate surface area is 202 Å². The summed E-state index contributed by atoms with van der Waals surface area (Å²) in [7, 11) is 0.420. The van der Waals surface area contributed by atoms with Crippen molar-refractivity contribution < 1.29 is 22.7 Å². The molecule has 0 spiro atoms. The maximum atomic E-state index is 13.5. The van der Waals surface area contributed by atoms with Gasteiger partial charge in [-0.3, -0.25) is 9.59 Å². The molecule has 34 heavy (non-hydrogen) atoms. The Morgan fingerprint density at radius 3 is 2.18 bits per heavy atom. The minimum atomic E-state index is -3.96. The van der Waals surface area contributed by atoms with Crippen LogP contribution in [0.25, 0.3) is 0 Å². The lowest BCUT2D eigenvalue weighted by molar-refractivity contribution is -0.139. The van der Waals surface area contributed by atoms with E-state index in [4.69, 9.17) is 4.74 Å². The average molecular weight is 491 g/mol. The topological polar surface area (TPSA) is 99.3 Å². The molecule has 0 fully saturated rings. The van der Waals surface area contributed by atoms with Crippen molar-refractivity contribution >= 4 is 27.7 Å². The normalized spacial score (nSPS) is 12.2. The summed E-state index contributed by atoms with van der Waals surface area (Å²) in [4.78, 5) is 27.7. The first kappa shape index (κ1) is 27.1. The number of hydrogen-bond donors (Lipinski definition) is 1. The quantitative estimate of drug-likeness (QED) is 0.492. The van der Waals surface area contributed by atoms with Gasteiger partial charge in [-0.05, 0) is 43.2 Å². The van der Waals surface area contributed by atoms with E-state index in [0.29, 0.717) is 18.0 Å². The second kappa shape index (κ2) is 12.4. The number of carbonyl (C=O) groups excluding carboxylic acids is 2. The lowest BCUT2D eigenvalue weighted by atomic mass is 10.1. The highest BCUT2D eigenvalue weighted by Gasteiger charge is 2.32. The smallest absolute Gasteiger partial charge is 0.304 e. The average Bonchev–Trinajstić information content (AvgIpc) is 2.84. The Morgan fingerprint density at radius 1 is 1.03 bits per heavy atom. The SMILES string of the molecule is CCCNC(=O)C(C)N(Cc1ccc(OC)cc1)C(=O)CN(c1ccccc1)S(=O)(=O)N(C)C. The molecule has 0 saturated carbocycles. The van der Waals surface area contributed by atoms with Gasteiger partial charge in [0.2, 0.25) is 11.8 Å². The summed E-state index contributed by atoms with van der Waals surface area (Å²) in [5, 5.41) is 2.81. The number of anilines is 1. The van der Waals surface area contributed by atoms with Crippen LogP contribution in [-0.2, 0) is 26.3 Å². The second-order valence-electron chi connectivity index (χ2n) is 7.97. The Morgan fingerprint density at radius 2 is 1.65 bits per heavy atom. The first-order valence-electron chi connectivity index (χ1n) is 11.1. The lowest BCUT2D eigenvalue weighted by Gasteiger charge is -2.32. The van der Waals surface area contributed by atoms with Crippen LogP contribution in [0.1, 0.15) is 25.8 Å². The van der Waals surface area contributed by atoms with Gasteiger partial charge in [0.15, 0.2) is 0 Å². The minimum Gasteiger partial charge on any atom is -0.497 e. The van der Waals surface area contributed by atoms with Crippen molar-refractivity contribution in [2.24, 2.45) is 0 Å². The third-order valence-electron chi connectivity index (χ3n) is 5.29. The Kier molecular flexibility index (Phi) is 9.88. The fourth-order valence-corrected chi connectivity index (χ4v) is 4.27. The zero-order chi connectivity index (χ0) is 25.3. The molecule has 186 valence electrons. The molecular formula is C24H34N4O5S. The molecule has 0 aliphatic rings. The van der Waals surface area contributed by atoms with Crippen molar-refractivity contribution in [3.05, 3.63) is 60.2 Å². The van der Waals surface area contributed by atoms with Crippen LogP contribution in [0.3, 0.4) is 0 Å². The van der Waals surface area contributed by atoms with Gasteiger partial charge in [-0.25, -0.2) is 4.31 Å². The number of amides is 2. The molecule has 1 atom stereocenters. The summed E-state index contributed by atoms with van der Waals surface area (Å²) in [6.45, 7) is 3.74. The van der Waals surface area contributed by atoms with Gasteiger partial charge >= 0.3 is 10.2 Å². The number of hydrogen-bond acceptors (Lipinski definition) is 5. The van der Waals surface area contributed by atoms with Crippen LogP contribution >= 0.6 is 0 Å². The number of methoxy groups -OCH3 is 1. The van der Waals surface area contributed by atoms with Crippen molar-refractivity contribution in [1.29, 1.82) is 0 Å². The number of benzene rings is 2. The third kappa shape index (κ3) is 6.94. The summed E-state index contributed by atoms with van der Waals surface area (Å²) in [5.74, 6) is -0.127. The predicted octanol–water partition coefficient (Wildman–Crippen LogP) is 2.25. The molecule has 0 saturated heterocycles. The number of ether oxygens (including phenoxy) is 1. The molecule has 2 amide bonds. The standard InChI is InChI=1S/C24H34N4O5S/c1-6-16-25-24(30)19(2)27(17-20-12-14-22(33-5)15-13-20)23(29)18-28(34(31,32)26(3)4)21-10-8-7-9-11-21/h7-15,19H,6,16-18H2,1-5H3,(H,25,30). The minimum absolute atomic E-state index is 0.133. The first-order chi connectivity index (χ1) is 16.1. The zero-order valence-corrected chi connectivity index (χ0v) is 21.2. The Balaban J connectivity index is 2.39. The summed E-state index contributed by atoms with van der Waals surface area (Å²) in [6, 6.07) is 14.8. The monoisotopic (exact) mass is 490 g/mol. The van der Waals surface area contributed by atoms with Crippen molar-refractivity contribution in [1.82, 2.24) is 14.5 Å². The molecule has 1 unspecified atom stereocenters. The highest BCUT2D eigenvalue weighted by molar-refractivity contribution is 7.90. The van der Waals surface area contributed by atoms with E-state index in [1.807, 2.05) is 6.92 Å². The largest absolute Gasteiger partial charge is 0.497 e. The highest BCUT2D eigenvalue weighted by Crippen LogP contribution is 2.21. The molecule has 2 rings (SSSR count). The van der Waals surface area contributed by atoms with E-state index >= 15 is 0 Å². The van der Waals surface area contributed by atoms with E-state index in [9.17, 15) is 18.0 Å². The van der Waals surface area contributed by atoms with Gasteiger partial charge in [-0.2, -0.15) is 12.7 Å². The fourth-order valence-electron chi connectivity index (χ4n) is 3.22. The van der Waals surface area contributed by atoms with Gasteiger partial charge in [-0.1, -0.05) is 37.3 Å². The molecule has 10 heteroatoms. The van der Waals surface area contributed by atoms with E-state index in [0.717, 1.165) is 20.6 Å². The van der Waals surface area contributed by atoms with Crippen LogP contribution < -0.4 is 14.4 Å². The van der Waals surface area contributed by atoms with Crippen LogP contribution in [0.5, 0.6) is 5.75 Å².